The summed E-state index contributed by atoms with van der Waals surface area (Å²) in [7, 11) is -2.95. The molecule has 144 valence electrons. The van der Waals surface area contributed by atoms with Crippen molar-refractivity contribution in [3.63, 3.8) is 0 Å². The molecule has 2 aromatic rings. The Morgan fingerprint density at radius 1 is 1.11 bits per heavy atom. The number of hydrogen-bond acceptors (Lipinski definition) is 4. The number of sulfone groups is 1. The number of para-hydroxylation sites is 1. The molecule has 0 atom stereocenters. The van der Waals surface area contributed by atoms with E-state index >= 15 is 0 Å². The van der Waals surface area contributed by atoms with Crippen LogP contribution >= 0.6 is 0 Å². The number of fused-ring (bicyclic) bond motifs is 2. The highest BCUT2D eigenvalue weighted by Gasteiger charge is 2.55. The van der Waals surface area contributed by atoms with Crippen molar-refractivity contribution in [1.29, 1.82) is 0 Å². The van der Waals surface area contributed by atoms with E-state index in [4.69, 9.17) is 0 Å². The molecule has 1 saturated heterocycles. The molecule has 0 bridgehead atoms. The minimum absolute atomic E-state index is 0.0276. The summed E-state index contributed by atoms with van der Waals surface area (Å²) in [6.45, 7) is 6.28. The second-order valence-corrected chi connectivity index (χ2v) is 10.9. The van der Waals surface area contributed by atoms with Gasteiger partial charge in [-0.3, -0.25) is 4.79 Å². The van der Waals surface area contributed by atoms with Crippen molar-refractivity contribution in [2.75, 3.05) is 16.4 Å². The highest BCUT2D eigenvalue weighted by Crippen LogP contribution is 2.63. The lowest BCUT2D eigenvalue weighted by molar-refractivity contribution is 0.0936. The first kappa shape index (κ1) is 17.7. The lowest BCUT2D eigenvalue weighted by atomic mass is 9.85. The zero-order valence-corrected chi connectivity index (χ0v) is 16.8. The Morgan fingerprint density at radius 2 is 1.79 bits per heavy atom. The molecule has 1 spiro atoms. The van der Waals surface area contributed by atoms with Gasteiger partial charge < -0.3 is 4.90 Å². The van der Waals surface area contributed by atoms with Gasteiger partial charge in [0.05, 0.1) is 17.2 Å². The van der Waals surface area contributed by atoms with Crippen molar-refractivity contribution in [3.8, 4) is 0 Å². The molecule has 0 radical (unpaired) electrons. The molecule has 2 aliphatic heterocycles. The lowest BCUT2D eigenvalue weighted by Gasteiger charge is -2.37. The summed E-state index contributed by atoms with van der Waals surface area (Å²) in [6.07, 6.45) is 2.38. The van der Waals surface area contributed by atoms with E-state index in [1.165, 1.54) is 5.56 Å². The van der Waals surface area contributed by atoms with E-state index in [9.17, 15) is 13.2 Å². The van der Waals surface area contributed by atoms with Gasteiger partial charge in [0.1, 0.15) is 0 Å². The third kappa shape index (κ3) is 2.56. The second kappa shape index (κ2) is 5.57. The number of nitrogens with zero attached hydrogens (tertiary/aromatic N) is 1. The first-order valence-electron chi connectivity index (χ1n) is 9.66. The molecule has 0 unspecified atom stereocenters. The number of ketones is 1. The number of carbonyl (C=O) groups excluding carboxylic acids is 1. The van der Waals surface area contributed by atoms with Crippen LogP contribution in [0.2, 0.25) is 0 Å². The van der Waals surface area contributed by atoms with E-state index in [0.717, 1.165) is 29.9 Å². The Bertz CT molecular complexity index is 1100. The fraction of sp³-hybridized carbons (Fsp3) is 0.348. The number of hydrogen-bond donors (Lipinski definition) is 0. The number of carbonyl (C=O) groups is 1. The van der Waals surface area contributed by atoms with Crippen LogP contribution < -0.4 is 4.90 Å². The fourth-order valence-electron chi connectivity index (χ4n) is 4.97. The summed E-state index contributed by atoms with van der Waals surface area (Å²) in [5, 5.41) is 0. The standard InChI is InChI=1S/C23H23NO3S/c1-16-23(10-11-23)19-12-17(21(25)13-22(2)14-28(26,27)15-22)8-9-20(19)24(16)18-6-4-3-5-7-18/h3-9,12H,1,10-11,13-15H2,2H3. The Hall–Kier alpha value is -2.40. The molecule has 2 fully saturated rings. The quantitative estimate of drug-likeness (QED) is 0.723. The predicted octanol–water partition coefficient (Wildman–Crippen LogP) is 4.39. The maximum Gasteiger partial charge on any atom is 0.163 e. The van der Waals surface area contributed by atoms with Gasteiger partial charge in [-0.2, -0.15) is 0 Å². The van der Waals surface area contributed by atoms with Crippen LogP contribution in [-0.2, 0) is 15.3 Å². The van der Waals surface area contributed by atoms with Gasteiger partial charge in [-0.1, -0.05) is 31.7 Å². The van der Waals surface area contributed by atoms with Crippen LogP contribution in [0.1, 0.15) is 42.1 Å². The van der Waals surface area contributed by atoms with Crippen LogP contribution in [0, 0.1) is 5.41 Å². The molecule has 0 N–H and O–H groups in total. The van der Waals surface area contributed by atoms with Crippen molar-refractivity contribution < 1.29 is 13.2 Å². The number of Topliss-reactive ketones (excluding diaryl/α,β-unsaturated/α-hetero) is 1. The average molecular weight is 394 g/mol. The molecule has 4 nitrogen and oxygen atoms in total. The van der Waals surface area contributed by atoms with Gasteiger partial charge in [0.2, 0.25) is 0 Å². The second-order valence-electron chi connectivity index (χ2n) is 8.87. The van der Waals surface area contributed by atoms with Gasteiger partial charge in [-0.05, 0) is 48.7 Å². The number of anilines is 2. The first-order valence-corrected chi connectivity index (χ1v) is 11.5. The number of allylic oxidation sites excluding steroid dienone is 1. The van der Waals surface area contributed by atoms with Gasteiger partial charge >= 0.3 is 0 Å². The van der Waals surface area contributed by atoms with Gasteiger partial charge in [0.25, 0.3) is 0 Å². The summed E-state index contributed by atoms with van der Waals surface area (Å²) in [6, 6.07) is 16.1. The molecular weight excluding hydrogens is 370 g/mol. The lowest BCUT2D eigenvalue weighted by Crippen LogP contribution is -2.47. The summed E-state index contributed by atoms with van der Waals surface area (Å²) in [5.74, 6) is 0.248. The Kier molecular flexibility index (Phi) is 3.52. The molecule has 3 aliphatic rings. The molecule has 1 aliphatic carbocycles. The zero-order chi connectivity index (χ0) is 19.7. The van der Waals surface area contributed by atoms with Crippen LogP contribution in [0.4, 0.5) is 11.4 Å². The largest absolute Gasteiger partial charge is 0.314 e. The van der Waals surface area contributed by atoms with E-state index in [0.29, 0.717) is 5.56 Å². The normalized spacial score (nSPS) is 22.6. The van der Waals surface area contributed by atoms with Gasteiger partial charge in [-0.15, -0.1) is 0 Å². The van der Waals surface area contributed by atoms with Gasteiger partial charge in [0.15, 0.2) is 15.6 Å². The van der Waals surface area contributed by atoms with Gasteiger partial charge in [-0.25, -0.2) is 8.42 Å². The zero-order valence-electron chi connectivity index (χ0n) is 15.9. The highest BCUT2D eigenvalue weighted by atomic mass is 32.2. The van der Waals surface area contributed by atoms with Crippen LogP contribution in [0.5, 0.6) is 0 Å². The van der Waals surface area contributed by atoms with E-state index in [-0.39, 0.29) is 29.1 Å². The fourth-order valence-corrected chi connectivity index (χ4v) is 7.21. The predicted molar refractivity (Wildman–Crippen MR) is 111 cm³/mol. The molecule has 2 heterocycles. The van der Waals surface area contributed by atoms with Gasteiger partial charge in [0, 0.05) is 34.2 Å². The van der Waals surface area contributed by atoms with E-state index in [1.807, 2.05) is 43.3 Å². The summed E-state index contributed by atoms with van der Waals surface area (Å²) in [4.78, 5) is 15.1. The van der Waals surface area contributed by atoms with Crippen molar-refractivity contribution >= 4 is 27.0 Å². The molecule has 2 aromatic carbocycles. The van der Waals surface area contributed by atoms with Crippen molar-refractivity contribution in [2.45, 2.75) is 31.6 Å². The van der Waals surface area contributed by atoms with Crippen LogP contribution in [0.15, 0.2) is 60.8 Å². The first-order chi connectivity index (χ1) is 13.2. The molecule has 5 heteroatoms. The van der Waals surface area contributed by atoms with E-state index in [1.54, 1.807) is 0 Å². The van der Waals surface area contributed by atoms with E-state index in [2.05, 4.69) is 23.6 Å². The Labute approximate surface area is 165 Å². The Balaban J connectivity index is 1.48. The van der Waals surface area contributed by atoms with Crippen LogP contribution in [0.3, 0.4) is 0 Å². The molecule has 0 amide bonds. The molecule has 28 heavy (non-hydrogen) atoms. The monoisotopic (exact) mass is 393 g/mol. The maximum atomic E-state index is 12.9. The van der Waals surface area contributed by atoms with Crippen molar-refractivity contribution in [3.05, 3.63) is 71.9 Å². The summed E-state index contributed by atoms with van der Waals surface area (Å²) in [5.41, 5.74) is 4.65. The third-order valence-electron chi connectivity index (χ3n) is 6.39. The minimum Gasteiger partial charge on any atom is -0.314 e. The number of rotatable bonds is 4. The molecule has 0 aromatic heterocycles. The molecule has 5 rings (SSSR count). The van der Waals surface area contributed by atoms with Crippen molar-refractivity contribution in [1.82, 2.24) is 0 Å². The smallest absolute Gasteiger partial charge is 0.163 e. The highest BCUT2D eigenvalue weighted by molar-refractivity contribution is 7.92. The Morgan fingerprint density at radius 3 is 2.39 bits per heavy atom. The minimum atomic E-state index is -2.95. The van der Waals surface area contributed by atoms with E-state index < -0.39 is 15.3 Å². The molecule has 1 saturated carbocycles. The van der Waals surface area contributed by atoms with Crippen LogP contribution in [-0.4, -0.2) is 25.7 Å². The van der Waals surface area contributed by atoms with Crippen molar-refractivity contribution in [2.24, 2.45) is 5.41 Å². The summed E-state index contributed by atoms with van der Waals surface area (Å²) < 4.78 is 23.1. The topological polar surface area (TPSA) is 54.5 Å². The van der Waals surface area contributed by atoms with Crippen LogP contribution in [0.25, 0.3) is 0 Å². The summed E-state index contributed by atoms with van der Waals surface area (Å²) >= 11 is 0. The number of benzene rings is 2. The average Bonchev–Trinajstić information content (AvgIpc) is 3.38. The third-order valence-corrected chi connectivity index (χ3v) is 8.66. The maximum absolute atomic E-state index is 12.9. The molecular formula is C23H23NO3S. The SMILES string of the molecule is C=C1N(c2ccccc2)c2ccc(C(=O)CC3(C)CS(=O)(=O)C3)cc2C12CC2.